The third-order valence-corrected chi connectivity index (χ3v) is 2.32. The molecular formula is C11H16O3. The number of benzene rings is 1. The molecule has 0 aromatic heterocycles. The number of rotatable bonds is 3. The van der Waals surface area contributed by atoms with Crippen molar-refractivity contribution in [2.24, 2.45) is 0 Å². The maximum Gasteiger partial charge on any atom is 0.201 e. The molecule has 0 saturated carbocycles. The fraction of sp³-hybridized carbons (Fsp3) is 0.455. The highest BCUT2D eigenvalue weighted by Gasteiger charge is 2.15. The van der Waals surface area contributed by atoms with Crippen LogP contribution in [0, 0.1) is 6.92 Å². The van der Waals surface area contributed by atoms with Gasteiger partial charge in [0.05, 0.1) is 14.2 Å². The van der Waals surface area contributed by atoms with Crippen molar-refractivity contribution in [1.82, 2.24) is 0 Å². The summed E-state index contributed by atoms with van der Waals surface area (Å²) >= 11 is 0. The van der Waals surface area contributed by atoms with Crippen molar-refractivity contribution < 1.29 is 14.6 Å². The van der Waals surface area contributed by atoms with Crippen LogP contribution in [0.15, 0.2) is 6.07 Å². The SMILES string of the molecule is CCc1c(C)cc(OC)c(O)c1OC. The number of phenols is 1. The zero-order chi connectivity index (χ0) is 10.7. The summed E-state index contributed by atoms with van der Waals surface area (Å²) in [5, 5.41) is 9.78. The molecule has 1 N–H and O–H groups in total. The van der Waals surface area contributed by atoms with Gasteiger partial charge in [-0.15, -0.1) is 0 Å². The monoisotopic (exact) mass is 196 g/mol. The van der Waals surface area contributed by atoms with Crippen LogP contribution >= 0.6 is 0 Å². The molecule has 1 rings (SSSR count). The molecule has 0 aliphatic carbocycles. The van der Waals surface area contributed by atoms with Crippen LogP contribution < -0.4 is 9.47 Å². The van der Waals surface area contributed by atoms with Crippen LogP contribution in [0.5, 0.6) is 17.2 Å². The van der Waals surface area contributed by atoms with E-state index in [-0.39, 0.29) is 5.75 Å². The van der Waals surface area contributed by atoms with Gasteiger partial charge in [-0.3, -0.25) is 0 Å². The number of hydrogen-bond acceptors (Lipinski definition) is 3. The Morgan fingerprint density at radius 3 is 2.36 bits per heavy atom. The highest BCUT2D eigenvalue weighted by atomic mass is 16.5. The Bertz CT molecular complexity index is 332. The summed E-state index contributed by atoms with van der Waals surface area (Å²) < 4.78 is 10.2. The van der Waals surface area contributed by atoms with E-state index in [4.69, 9.17) is 9.47 Å². The zero-order valence-electron chi connectivity index (χ0n) is 9.05. The van der Waals surface area contributed by atoms with Crippen molar-refractivity contribution in [1.29, 1.82) is 0 Å². The van der Waals surface area contributed by atoms with Crippen LogP contribution in [0.3, 0.4) is 0 Å². The lowest BCUT2D eigenvalue weighted by Crippen LogP contribution is -1.96. The fourth-order valence-corrected chi connectivity index (χ4v) is 1.60. The van der Waals surface area contributed by atoms with Crippen molar-refractivity contribution in [3.63, 3.8) is 0 Å². The van der Waals surface area contributed by atoms with Crippen LogP contribution in [0.1, 0.15) is 18.1 Å². The average Bonchev–Trinajstić information content (AvgIpc) is 2.20. The van der Waals surface area contributed by atoms with Gasteiger partial charge in [-0.05, 0) is 25.0 Å². The number of ether oxygens (including phenoxy) is 2. The van der Waals surface area contributed by atoms with Gasteiger partial charge in [-0.25, -0.2) is 0 Å². The molecule has 0 aliphatic rings. The molecule has 0 atom stereocenters. The quantitative estimate of drug-likeness (QED) is 0.806. The van der Waals surface area contributed by atoms with E-state index >= 15 is 0 Å². The molecule has 0 radical (unpaired) electrons. The number of aryl methyl sites for hydroxylation is 1. The minimum atomic E-state index is 0.0810. The Morgan fingerprint density at radius 1 is 1.29 bits per heavy atom. The molecule has 0 spiro atoms. The number of methoxy groups -OCH3 is 2. The number of hydrogen-bond donors (Lipinski definition) is 1. The summed E-state index contributed by atoms with van der Waals surface area (Å²) in [7, 11) is 3.08. The summed E-state index contributed by atoms with van der Waals surface area (Å²) in [6, 6.07) is 1.82. The summed E-state index contributed by atoms with van der Waals surface area (Å²) in [5.41, 5.74) is 2.09. The molecule has 0 aliphatic heterocycles. The lowest BCUT2D eigenvalue weighted by molar-refractivity contribution is 0.337. The molecule has 3 nitrogen and oxygen atoms in total. The highest BCUT2D eigenvalue weighted by Crippen LogP contribution is 2.40. The number of aromatic hydroxyl groups is 1. The van der Waals surface area contributed by atoms with E-state index in [1.165, 1.54) is 7.11 Å². The number of phenolic OH excluding ortho intramolecular Hbond substituents is 1. The topological polar surface area (TPSA) is 38.7 Å². The average molecular weight is 196 g/mol. The second-order valence-corrected chi connectivity index (χ2v) is 3.11. The normalized spacial score (nSPS) is 10.0. The third-order valence-electron chi connectivity index (χ3n) is 2.32. The third kappa shape index (κ3) is 1.62. The van der Waals surface area contributed by atoms with E-state index in [0.29, 0.717) is 11.5 Å². The Balaban J connectivity index is 3.40. The predicted octanol–water partition coefficient (Wildman–Crippen LogP) is 2.28. The first-order valence-electron chi connectivity index (χ1n) is 4.59. The van der Waals surface area contributed by atoms with Gasteiger partial charge in [0.15, 0.2) is 11.5 Å². The molecule has 78 valence electrons. The summed E-state index contributed by atoms with van der Waals surface area (Å²) in [5.74, 6) is 1.05. The van der Waals surface area contributed by atoms with E-state index in [9.17, 15) is 5.11 Å². The van der Waals surface area contributed by atoms with E-state index in [0.717, 1.165) is 17.5 Å². The van der Waals surface area contributed by atoms with Crippen molar-refractivity contribution in [3.8, 4) is 17.2 Å². The summed E-state index contributed by atoms with van der Waals surface area (Å²) in [6.45, 7) is 4.00. The van der Waals surface area contributed by atoms with E-state index in [2.05, 4.69) is 0 Å². The van der Waals surface area contributed by atoms with E-state index < -0.39 is 0 Å². The summed E-state index contributed by atoms with van der Waals surface area (Å²) in [6.07, 6.45) is 0.826. The van der Waals surface area contributed by atoms with Gasteiger partial charge >= 0.3 is 0 Å². The van der Waals surface area contributed by atoms with Crippen LogP contribution in [-0.2, 0) is 6.42 Å². The molecule has 0 fully saturated rings. The van der Waals surface area contributed by atoms with Gasteiger partial charge < -0.3 is 14.6 Å². The molecule has 3 heteroatoms. The summed E-state index contributed by atoms with van der Waals surface area (Å²) in [4.78, 5) is 0. The Morgan fingerprint density at radius 2 is 1.93 bits per heavy atom. The first-order chi connectivity index (χ1) is 6.65. The molecule has 1 aromatic rings. The van der Waals surface area contributed by atoms with E-state index in [1.54, 1.807) is 7.11 Å². The van der Waals surface area contributed by atoms with E-state index in [1.807, 2.05) is 19.9 Å². The molecule has 0 amide bonds. The van der Waals surface area contributed by atoms with Gasteiger partial charge in [0, 0.05) is 5.56 Å². The van der Waals surface area contributed by atoms with Crippen molar-refractivity contribution in [2.45, 2.75) is 20.3 Å². The smallest absolute Gasteiger partial charge is 0.201 e. The van der Waals surface area contributed by atoms with Gasteiger partial charge in [-0.1, -0.05) is 6.92 Å². The minimum Gasteiger partial charge on any atom is -0.502 e. The molecular weight excluding hydrogens is 180 g/mol. The first-order valence-corrected chi connectivity index (χ1v) is 4.59. The second-order valence-electron chi connectivity index (χ2n) is 3.11. The Labute approximate surface area is 84.3 Å². The molecule has 0 bridgehead atoms. The maximum absolute atomic E-state index is 9.78. The molecule has 1 aromatic carbocycles. The molecule has 0 heterocycles. The van der Waals surface area contributed by atoms with Crippen molar-refractivity contribution in [2.75, 3.05) is 14.2 Å². The molecule has 14 heavy (non-hydrogen) atoms. The van der Waals surface area contributed by atoms with Crippen LogP contribution in [0.25, 0.3) is 0 Å². The molecule has 0 saturated heterocycles. The first kappa shape index (κ1) is 10.7. The lowest BCUT2D eigenvalue weighted by Gasteiger charge is -2.14. The maximum atomic E-state index is 9.78. The van der Waals surface area contributed by atoms with Gasteiger partial charge in [0.2, 0.25) is 5.75 Å². The Hall–Kier alpha value is -1.38. The van der Waals surface area contributed by atoms with Crippen molar-refractivity contribution in [3.05, 3.63) is 17.2 Å². The Kier molecular flexibility index (Phi) is 3.23. The van der Waals surface area contributed by atoms with Gasteiger partial charge in [0.25, 0.3) is 0 Å². The van der Waals surface area contributed by atoms with Crippen LogP contribution in [-0.4, -0.2) is 19.3 Å². The predicted molar refractivity (Wildman–Crippen MR) is 55.3 cm³/mol. The minimum absolute atomic E-state index is 0.0810. The zero-order valence-corrected chi connectivity index (χ0v) is 9.05. The lowest BCUT2D eigenvalue weighted by atomic mass is 10.0. The highest BCUT2D eigenvalue weighted by molar-refractivity contribution is 5.57. The fourth-order valence-electron chi connectivity index (χ4n) is 1.60. The second kappa shape index (κ2) is 4.22. The van der Waals surface area contributed by atoms with Crippen LogP contribution in [0.2, 0.25) is 0 Å². The largest absolute Gasteiger partial charge is 0.502 e. The van der Waals surface area contributed by atoms with Crippen LogP contribution in [0.4, 0.5) is 0 Å². The van der Waals surface area contributed by atoms with Gasteiger partial charge in [0.1, 0.15) is 0 Å². The van der Waals surface area contributed by atoms with Gasteiger partial charge in [-0.2, -0.15) is 0 Å². The van der Waals surface area contributed by atoms with Crippen molar-refractivity contribution >= 4 is 0 Å². The molecule has 0 unspecified atom stereocenters. The standard InChI is InChI=1S/C11H16O3/c1-5-8-7(2)6-9(13-3)10(12)11(8)14-4/h6,12H,5H2,1-4H3.